The van der Waals surface area contributed by atoms with Gasteiger partial charge in [-0.25, -0.2) is 0 Å². The Morgan fingerprint density at radius 3 is 2.77 bits per heavy atom. The zero-order valence-corrected chi connectivity index (χ0v) is 7.43. The minimum Gasteiger partial charge on any atom is -0.482 e. The largest absolute Gasteiger partial charge is 0.482 e. The van der Waals surface area contributed by atoms with Crippen molar-refractivity contribution in [3.63, 3.8) is 0 Å². The van der Waals surface area contributed by atoms with Crippen molar-refractivity contribution in [1.29, 1.82) is 0 Å². The topological polar surface area (TPSA) is 30.8 Å². The second-order valence-corrected chi connectivity index (χ2v) is 2.90. The third-order valence-electron chi connectivity index (χ3n) is 2.05. The molecule has 0 saturated heterocycles. The summed E-state index contributed by atoms with van der Waals surface area (Å²) in [6.07, 6.45) is 0.747. The van der Waals surface area contributed by atoms with Gasteiger partial charge in [0.1, 0.15) is 0 Å². The summed E-state index contributed by atoms with van der Waals surface area (Å²) in [5, 5.41) is 3.81. The fraction of sp³-hybridized carbons (Fsp3) is 0.300. The van der Waals surface area contributed by atoms with Gasteiger partial charge in [0, 0.05) is 0 Å². The number of methoxy groups -OCH3 is 1. The van der Waals surface area contributed by atoms with Crippen LogP contribution in [0.1, 0.15) is 18.1 Å². The van der Waals surface area contributed by atoms with Gasteiger partial charge in [-0.15, -0.1) is 0 Å². The summed E-state index contributed by atoms with van der Waals surface area (Å²) in [5.41, 5.74) is 1.14. The highest BCUT2D eigenvalue weighted by atomic mass is 16.7. The Morgan fingerprint density at radius 2 is 2.15 bits per heavy atom. The molecule has 68 valence electrons. The number of benzene rings is 1. The molecule has 3 nitrogen and oxygen atoms in total. The van der Waals surface area contributed by atoms with Crippen molar-refractivity contribution in [2.24, 2.45) is 5.16 Å². The van der Waals surface area contributed by atoms with E-state index in [9.17, 15) is 0 Å². The Labute approximate surface area is 77.0 Å². The van der Waals surface area contributed by atoms with Crippen LogP contribution in [0.5, 0.6) is 0 Å². The maximum Gasteiger partial charge on any atom is 0.229 e. The third kappa shape index (κ3) is 1.64. The molecule has 13 heavy (non-hydrogen) atoms. The van der Waals surface area contributed by atoms with E-state index < -0.39 is 0 Å². The Kier molecular flexibility index (Phi) is 2.17. The van der Waals surface area contributed by atoms with Crippen LogP contribution in [-0.2, 0) is 9.57 Å². The SMILES string of the molecule is COC1=NOC(c2ccccc2)C1. The number of oxime groups is 1. The number of hydrogen-bond donors (Lipinski definition) is 0. The van der Waals surface area contributed by atoms with E-state index in [1.54, 1.807) is 7.11 Å². The molecule has 0 aromatic heterocycles. The van der Waals surface area contributed by atoms with Crippen LogP contribution in [0.3, 0.4) is 0 Å². The van der Waals surface area contributed by atoms with Crippen molar-refractivity contribution in [2.45, 2.75) is 12.5 Å². The summed E-state index contributed by atoms with van der Waals surface area (Å²) in [5.74, 6) is 0.661. The van der Waals surface area contributed by atoms with E-state index in [4.69, 9.17) is 9.57 Å². The first-order chi connectivity index (χ1) is 6.40. The average Bonchev–Trinajstić information content (AvgIpc) is 2.67. The monoisotopic (exact) mass is 177 g/mol. The molecular formula is C10H11NO2. The molecule has 0 aliphatic carbocycles. The van der Waals surface area contributed by atoms with Crippen LogP contribution < -0.4 is 0 Å². The maximum atomic E-state index is 5.21. The molecule has 1 unspecified atom stereocenters. The summed E-state index contributed by atoms with van der Waals surface area (Å²) in [6, 6.07) is 10.0. The van der Waals surface area contributed by atoms with Crippen molar-refractivity contribution in [3.8, 4) is 0 Å². The van der Waals surface area contributed by atoms with Crippen LogP contribution in [0.25, 0.3) is 0 Å². The summed E-state index contributed by atoms with van der Waals surface area (Å²) >= 11 is 0. The molecule has 0 radical (unpaired) electrons. The maximum absolute atomic E-state index is 5.21. The molecule has 0 saturated carbocycles. The van der Waals surface area contributed by atoms with E-state index in [1.807, 2.05) is 30.3 Å². The summed E-state index contributed by atoms with van der Waals surface area (Å²) in [7, 11) is 1.61. The quantitative estimate of drug-likeness (QED) is 0.657. The van der Waals surface area contributed by atoms with Crippen molar-refractivity contribution in [3.05, 3.63) is 35.9 Å². The van der Waals surface area contributed by atoms with E-state index in [1.165, 1.54) is 0 Å². The van der Waals surface area contributed by atoms with Crippen LogP contribution in [0, 0.1) is 0 Å². The molecule has 3 heteroatoms. The lowest BCUT2D eigenvalue weighted by molar-refractivity contribution is 0.0854. The second-order valence-electron chi connectivity index (χ2n) is 2.90. The van der Waals surface area contributed by atoms with Crippen LogP contribution >= 0.6 is 0 Å². The third-order valence-corrected chi connectivity index (χ3v) is 2.05. The lowest BCUT2D eigenvalue weighted by Crippen LogP contribution is -2.00. The molecule has 1 atom stereocenters. The average molecular weight is 177 g/mol. The van der Waals surface area contributed by atoms with Gasteiger partial charge >= 0.3 is 0 Å². The van der Waals surface area contributed by atoms with E-state index in [-0.39, 0.29) is 6.10 Å². The first-order valence-electron chi connectivity index (χ1n) is 4.22. The van der Waals surface area contributed by atoms with Crippen molar-refractivity contribution in [1.82, 2.24) is 0 Å². The smallest absolute Gasteiger partial charge is 0.229 e. The minimum absolute atomic E-state index is 0.0242. The molecule has 1 aromatic rings. The number of hydrogen-bond acceptors (Lipinski definition) is 3. The van der Waals surface area contributed by atoms with Gasteiger partial charge < -0.3 is 9.57 Å². The van der Waals surface area contributed by atoms with Gasteiger partial charge in [-0.3, -0.25) is 0 Å². The second kappa shape index (κ2) is 3.47. The zero-order chi connectivity index (χ0) is 9.10. The van der Waals surface area contributed by atoms with Gasteiger partial charge in [0.05, 0.1) is 13.5 Å². The van der Waals surface area contributed by atoms with Gasteiger partial charge in [-0.2, -0.15) is 0 Å². The lowest BCUT2D eigenvalue weighted by atomic mass is 10.1. The predicted molar refractivity (Wildman–Crippen MR) is 49.3 cm³/mol. The van der Waals surface area contributed by atoms with E-state index in [0.717, 1.165) is 12.0 Å². The first-order valence-corrected chi connectivity index (χ1v) is 4.22. The van der Waals surface area contributed by atoms with Crippen molar-refractivity contribution < 1.29 is 9.57 Å². The van der Waals surface area contributed by atoms with Gasteiger partial charge in [0.25, 0.3) is 0 Å². The Balaban J connectivity index is 2.07. The Hall–Kier alpha value is -1.51. The van der Waals surface area contributed by atoms with E-state index >= 15 is 0 Å². The van der Waals surface area contributed by atoms with Crippen molar-refractivity contribution >= 4 is 5.90 Å². The van der Waals surface area contributed by atoms with Gasteiger partial charge in [-0.1, -0.05) is 35.5 Å². The van der Waals surface area contributed by atoms with Crippen LogP contribution in [0.4, 0.5) is 0 Å². The molecule has 1 aliphatic heterocycles. The molecule has 0 bridgehead atoms. The molecule has 1 aromatic carbocycles. The highest BCUT2D eigenvalue weighted by Gasteiger charge is 2.22. The fourth-order valence-corrected chi connectivity index (χ4v) is 1.32. The zero-order valence-electron chi connectivity index (χ0n) is 7.43. The van der Waals surface area contributed by atoms with Gasteiger partial charge in [-0.05, 0) is 5.56 Å². The molecule has 0 spiro atoms. The summed E-state index contributed by atoms with van der Waals surface area (Å²) in [6.45, 7) is 0. The molecule has 1 heterocycles. The van der Waals surface area contributed by atoms with Crippen molar-refractivity contribution in [2.75, 3.05) is 7.11 Å². The Bertz CT molecular complexity index is 308. The molecule has 0 amide bonds. The molecule has 0 N–H and O–H groups in total. The number of nitrogens with zero attached hydrogens (tertiary/aromatic N) is 1. The highest BCUT2D eigenvalue weighted by molar-refractivity contribution is 5.77. The molecule has 1 aliphatic rings. The number of rotatable bonds is 1. The van der Waals surface area contributed by atoms with Crippen LogP contribution in [0.2, 0.25) is 0 Å². The van der Waals surface area contributed by atoms with Gasteiger partial charge in [0.2, 0.25) is 5.90 Å². The van der Waals surface area contributed by atoms with E-state index in [2.05, 4.69) is 5.16 Å². The van der Waals surface area contributed by atoms with Crippen LogP contribution in [0.15, 0.2) is 35.5 Å². The summed E-state index contributed by atoms with van der Waals surface area (Å²) in [4.78, 5) is 5.21. The molecule has 2 rings (SSSR count). The normalized spacial score (nSPS) is 20.7. The standard InChI is InChI=1S/C10H11NO2/c1-12-10-7-9(13-11-10)8-5-3-2-4-6-8/h2-6,9H,7H2,1H3. The Morgan fingerprint density at radius 1 is 1.38 bits per heavy atom. The molecule has 0 fully saturated rings. The lowest BCUT2D eigenvalue weighted by Gasteiger charge is -2.06. The number of ether oxygens (including phenoxy) is 1. The molecular weight excluding hydrogens is 166 g/mol. The van der Waals surface area contributed by atoms with E-state index in [0.29, 0.717) is 5.90 Å². The summed E-state index contributed by atoms with van der Waals surface area (Å²) < 4.78 is 4.99. The first kappa shape index (κ1) is 8.10. The fourth-order valence-electron chi connectivity index (χ4n) is 1.32. The van der Waals surface area contributed by atoms with Gasteiger partial charge in [0.15, 0.2) is 6.10 Å². The minimum atomic E-state index is 0.0242. The highest BCUT2D eigenvalue weighted by Crippen LogP contribution is 2.26. The predicted octanol–water partition coefficient (Wildman–Crippen LogP) is 2.11. The van der Waals surface area contributed by atoms with Crippen LogP contribution in [-0.4, -0.2) is 13.0 Å².